The van der Waals surface area contributed by atoms with Gasteiger partial charge in [0.05, 0.1) is 29.5 Å². The van der Waals surface area contributed by atoms with E-state index >= 15 is 0 Å². The van der Waals surface area contributed by atoms with E-state index in [2.05, 4.69) is 15.3 Å². The number of methoxy groups -OCH3 is 1. The van der Waals surface area contributed by atoms with Gasteiger partial charge in [0.2, 0.25) is 0 Å². The smallest absolute Gasteiger partial charge is 0.255 e. The van der Waals surface area contributed by atoms with Crippen LogP contribution in [0.5, 0.6) is 11.5 Å². The number of amides is 2. The zero-order chi connectivity index (χ0) is 20.3. The van der Waals surface area contributed by atoms with Crippen LogP contribution in [-0.2, 0) is 4.79 Å². The Morgan fingerprint density at radius 2 is 1.71 bits per heavy atom. The van der Waals surface area contributed by atoms with Crippen LogP contribution in [0, 0.1) is 13.8 Å². The molecule has 0 aliphatic heterocycles. The lowest BCUT2D eigenvalue weighted by Crippen LogP contribution is -2.20. The minimum absolute atomic E-state index is 0.296. The fourth-order valence-electron chi connectivity index (χ4n) is 2.59. The van der Waals surface area contributed by atoms with Gasteiger partial charge >= 0.3 is 0 Å². The van der Waals surface area contributed by atoms with Crippen LogP contribution in [0.1, 0.15) is 21.7 Å². The molecule has 8 heteroatoms. The summed E-state index contributed by atoms with van der Waals surface area (Å²) in [6.07, 6.45) is 0. The summed E-state index contributed by atoms with van der Waals surface area (Å²) < 4.78 is 10.5. The van der Waals surface area contributed by atoms with E-state index in [-0.39, 0.29) is 12.5 Å². The number of aromatic nitrogens is 2. The van der Waals surface area contributed by atoms with Gasteiger partial charge in [-0.15, -0.1) is 0 Å². The van der Waals surface area contributed by atoms with E-state index in [1.165, 1.54) is 7.11 Å². The van der Waals surface area contributed by atoms with Crippen LogP contribution in [0.4, 0.5) is 5.69 Å². The standard InChI is InChI=1S/C20H20N4O4/c1-11-12(2)23-16-8-13(4-6-15(16)22-11)20(26)24-14-5-7-17(27-3)18(9-14)28-10-19(21)25/h4-9H,10H2,1-3H3,(H2,21,25)(H,24,26). The highest BCUT2D eigenvalue weighted by atomic mass is 16.5. The van der Waals surface area contributed by atoms with Gasteiger partial charge in [-0.1, -0.05) is 0 Å². The minimum atomic E-state index is -0.612. The molecule has 2 aromatic carbocycles. The van der Waals surface area contributed by atoms with Gasteiger partial charge in [0.1, 0.15) is 0 Å². The average Bonchev–Trinajstić information content (AvgIpc) is 2.67. The molecule has 0 bridgehead atoms. The van der Waals surface area contributed by atoms with Crippen LogP contribution in [-0.4, -0.2) is 35.5 Å². The Kier molecular flexibility index (Phi) is 5.39. The first-order valence-corrected chi connectivity index (χ1v) is 8.53. The number of hydrogen-bond acceptors (Lipinski definition) is 6. The number of benzene rings is 2. The molecule has 0 fully saturated rings. The number of rotatable bonds is 6. The third kappa shape index (κ3) is 4.17. The molecule has 28 heavy (non-hydrogen) atoms. The van der Waals surface area contributed by atoms with Crippen molar-refractivity contribution in [3.05, 3.63) is 53.3 Å². The van der Waals surface area contributed by atoms with Crippen LogP contribution >= 0.6 is 0 Å². The van der Waals surface area contributed by atoms with Gasteiger partial charge in [0.25, 0.3) is 11.8 Å². The van der Waals surface area contributed by atoms with Crippen molar-refractivity contribution < 1.29 is 19.1 Å². The van der Waals surface area contributed by atoms with Crippen molar-refractivity contribution in [3.63, 3.8) is 0 Å². The van der Waals surface area contributed by atoms with Crippen molar-refractivity contribution in [3.8, 4) is 11.5 Å². The second kappa shape index (κ2) is 7.91. The maximum Gasteiger partial charge on any atom is 0.255 e. The van der Waals surface area contributed by atoms with Gasteiger partial charge < -0.3 is 20.5 Å². The van der Waals surface area contributed by atoms with E-state index < -0.39 is 5.91 Å². The molecule has 1 aromatic heterocycles. The molecular formula is C20H20N4O4. The van der Waals surface area contributed by atoms with E-state index in [4.69, 9.17) is 15.2 Å². The number of carbonyl (C=O) groups is 2. The molecular weight excluding hydrogens is 360 g/mol. The predicted octanol–water partition coefficient (Wildman–Crippen LogP) is 2.37. The van der Waals surface area contributed by atoms with Crippen molar-refractivity contribution >= 4 is 28.5 Å². The predicted molar refractivity (Wildman–Crippen MR) is 105 cm³/mol. The van der Waals surface area contributed by atoms with Gasteiger partial charge in [0.15, 0.2) is 18.1 Å². The summed E-state index contributed by atoms with van der Waals surface area (Å²) in [7, 11) is 1.48. The normalized spacial score (nSPS) is 10.5. The Morgan fingerprint density at radius 1 is 1.00 bits per heavy atom. The lowest BCUT2D eigenvalue weighted by Gasteiger charge is -2.12. The number of nitrogens with zero attached hydrogens (tertiary/aromatic N) is 2. The van der Waals surface area contributed by atoms with E-state index in [0.29, 0.717) is 28.3 Å². The van der Waals surface area contributed by atoms with Crippen LogP contribution in [0.15, 0.2) is 36.4 Å². The Morgan fingerprint density at radius 3 is 2.39 bits per heavy atom. The fraction of sp³-hybridized carbons (Fsp3) is 0.200. The summed E-state index contributed by atoms with van der Waals surface area (Å²) in [6, 6.07) is 10.0. The number of primary amides is 1. The van der Waals surface area contributed by atoms with Crippen LogP contribution < -0.4 is 20.5 Å². The summed E-state index contributed by atoms with van der Waals surface area (Å²) >= 11 is 0. The van der Waals surface area contributed by atoms with Crippen LogP contribution in [0.25, 0.3) is 11.0 Å². The monoisotopic (exact) mass is 380 g/mol. The van der Waals surface area contributed by atoms with Crippen molar-refractivity contribution in [2.24, 2.45) is 5.73 Å². The molecule has 3 aromatic rings. The molecule has 0 saturated heterocycles. The number of nitrogens with one attached hydrogen (secondary N) is 1. The van der Waals surface area contributed by atoms with Gasteiger partial charge in [-0.3, -0.25) is 9.59 Å². The van der Waals surface area contributed by atoms with Crippen LogP contribution in [0.2, 0.25) is 0 Å². The Labute approximate surface area is 161 Å². The summed E-state index contributed by atoms with van der Waals surface area (Å²) in [4.78, 5) is 32.5. The molecule has 0 aliphatic carbocycles. The number of ether oxygens (including phenoxy) is 2. The van der Waals surface area contributed by atoms with Crippen molar-refractivity contribution in [2.45, 2.75) is 13.8 Å². The highest BCUT2D eigenvalue weighted by Gasteiger charge is 2.12. The molecule has 0 atom stereocenters. The number of anilines is 1. The first-order valence-electron chi connectivity index (χ1n) is 8.53. The minimum Gasteiger partial charge on any atom is -0.493 e. The molecule has 144 valence electrons. The molecule has 0 unspecified atom stereocenters. The maximum absolute atomic E-state index is 12.6. The summed E-state index contributed by atoms with van der Waals surface area (Å²) in [5.74, 6) is -0.201. The molecule has 2 amide bonds. The zero-order valence-electron chi connectivity index (χ0n) is 15.8. The molecule has 3 N–H and O–H groups in total. The molecule has 0 radical (unpaired) electrons. The van der Waals surface area contributed by atoms with Crippen molar-refractivity contribution in [1.29, 1.82) is 0 Å². The fourth-order valence-corrected chi connectivity index (χ4v) is 2.59. The van der Waals surface area contributed by atoms with Crippen molar-refractivity contribution in [1.82, 2.24) is 9.97 Å². The molecule has 3 rings (SSSR count). The largest absolute Gasteiger partial charge is 0.493 e. The zero-order valence-corrected chi connectivity index (χ0v) is 15.8. The number of fused-ring (bicyclic) bond motifs is 1. The molecule has 1 heterocycles. The van der Waals surface area contributed by atoms with Gasteiger partial charge in [0, 0.05) is 17.3 Å². The second-order valence-electron chi connectivity index (χ2n) is 6.17. The summed E-state index contributed by atoms with van der Waals surface area (Å²) in [5.41, 5.74) is 9.08. The third-order valence-corrected chi connectivity index (χ3v) is 4.13. The quantitative estimate of drug-likeness (QED) is 0.678. The first kappa shape index (κ1) is 19.1. The lowest BCUT2D eigenvalue weighted by molar-refractivity contribution is -0.119. The number of nitrogens with two attached hydrogens (primary N) is 1. The Bertz CT molecular complexity index is 1070. The van der Waals surface area contributed by atoms with Gasteiger partial charge in [-0.2, -0.15) is 0 Å². The maximum atomic E-state index is 12.6. The van der Waals surface area contributed by atoms with E-state index in [1.54, 1.807) is 36.4 Å². The van der Waals surface area contributed by atoms with Gasteiger partial charge in [-0.25, -0.2) is 9.97 Å². The SMILES string of the molecule is COc1ccc(NC(=O)c2ccc3nc(C)c(C)nc3c2)cc1OCC(N)=O. The number of carbonyl (C=O) groups excluding carboxylic acids is 2. The summed E-state index contributed by atoms with van der Waals surface area (Å²) in [6.45, 7) is 3.47. The third-order valence-electron chi connectivity index (χ3n) is 4.13. The number of aryl methyl sites for hydroxylation is 2. The summed E-state index contributed by atoms with van der Waals surface area (Å²) in [5, 5.41) is 2.79. The molecule has 0 spiro atoms. The number of hydrogen-bond donors (Lipinski definition) is 2. The van der Waals surface area contributed by atoms with Crippen molar-refractivity contribution in [2.75, 3.05) is 19.0 Å². The van der Waals surface area contributed by atoms with E-state index in [0.717, 1.165) is 16.9 Å². The first-order chi connectivity index (χ1) is 13.4. The topological polar surface area (TPSA) is 116 Å². The lowest BCUT2D eigenvalue weighted by atomic mass is 10.1. The van der Waals surface area contributed by atoms with E-state index in [9.17, 15) is 9.59 Å². The van der Waals surface area contributed by atoms with Crippen LogP contribution in [0.3, 0.4) is 0 Å². The van der Waals surface area contributed by atoms with E-state index in [1.807, 2.05) is 13.8 Å². The molecule has 0 aliphatic rings. The van der Waals surface area contributed by atoms with Gasteiger partial charge in [-0.05, 0) is 44.2 Å². The highest BCUT2D eigenvalue weighted by molar-refractivity contribution is 6.06. The second-order valence-corrected chi connectivity index (χ2v) is 6.17. The molecule has 0 saturated carbocycles. The average molecular weight is 380 g/mol. The molecule has 8 nitrogen and oxygen atoms in total. The highest BCUT2D eigenvalue weighted by Crippen LogP contribution is 2.30. The Balaban J connectivity index is 1.84. The Hall–Kier alpha value is -3.68.